The molecule has 0 fully saturated rings. The fourth-order valence-corrected chi connectivity index (χ4v) is 4.27. The fraction of sp³-hybridized carbons (Fsp3) is 0.0909. The van der Waals surface area contributed by atoms with Gasteiger partial charge in [-0.15, -0.1) is 11.3 Å². The summed E-state index contributed by atoms with van der Waals surface area (Å²) in [5, 5.41) is 3.97. The molecule has 4 aromatic rings. The number of methoxy groups -OCH3 is 2. The number of amides is 1. The van der Waals surface area contributed by atoms with E-state index in [0.29, 0.717) is 31.9 Å². The summed E-state index contributed by atoms with van der Waals surface area (Å²) in [5.74, 6) is 0.992. The van der Waals surface area contributed by atoms with Gasteiger partial charge in [0.25, 0.3) is 5.91 Å². The van der Waals surface area contributed by atoms with Crippen molar-refractivity contribution in [2.75, 3.05) is 25.3 Å². The molecular weight excluding hydrogens is 422 g/mol. The lowest BCUT2D eigenvalue weighted by molar-refractivity contribution is 0.103. The van der Waals surface area contributed by atoms with Crippen molar-refractivity contribution in [2.45, 2.75) is 0 Å². The van der Waals surface area contributed by atoms with E-state index in [2.05, 4.69) is 10.3 Å². The highest BCUT2D eigenvalue weighted by atomic mass is 35.5. The van der Waals surface area contributed by atoms with Crippen LogP contribution in [0.2, 0.25) is 5.02 Å². The maximum absolute atomic E-state index is 12.8. The normalized spacial score (nSPS) is 10.8. The lowest BCUT2D eigenvalue weighted by atomic mass is 10.1. The maximum Gasteiger partial charge on any atom is 0.267 e. The number of carbonyl (C=O) groups excluding carboxylic acids is 1. The minimum absolute atomic E-state index is 0.317. The van der Waals surface area contributed by atoms with E-state index in [4.69, 9.17) is 26.8 Å². The van der Waals surface area contributed by atoms with Gasteiger partial charge in [0.05, 0.1) is 30.6 Å². The first-order chi connectivity index (χ1) is 14.5. The third-order valence-electron chi connectivity index (χ3n) is 4.60. The topological polar surface area (TPSA) is 86.5 Å². The number of carbonyl (C=O) groups is 1. The summed E-state index contributed by atoms with van der Waals surface area (Å²) in [6, 6.07) is 16.4. The smallest absolute Gasteiger partial charge is 0.267 e. The van der Waals surface area contributed by atoms with Gasteiger partial charge in [0.15, 0.2) is 0 Å². The van der Waals surface area contributed by atoms with Gasteiger partial charge in [-0.05, 0) is 54.6 Å². The molecule has 4 rings (SSSR count). The van der Waals surface area contributed by atoms with Crippen LogP contribution in [0.5, 0.6) is 11.5 Å². The maximum atomic E-state index is 12.8. The van der Waals surface area contributed by atoms with Crippen LogP contribution in [0.4, 0.5) is 11.4 Å². The van der Waals surface area contributed by atoms with Gasteiger partial charge in [-0.1, -0.05) is 11.6 Å². The van der Waals surface area contributed by atoms with Gasteiger partial charge in [-0.3, -0.25) is 4.79 Å². The second-order valence-corrected chi connectivity index (χ2v) is 7.83. The van der Waals surface area contributed by atoms with Crippen molar-refractivity contribution in [1.82, 2.24) is 4.98 Å². The van der Waals surface area contributed by atoms with Gasteiger partial charge >= 0.3 is 0 Å². The zero-order valence-electron chi connectivity index (χ0n) is 16.2. The van der Waals surface area contributed by atoms with Crippen molar-refractivity contribution in [2.24, 2.45) is 0 Å². The number of rotatable bonds is 5. The molecular formula is C22H18ClN3O3S. The molecule has 0 saturated heterocycles. The van der Waals surface area contributed by atoms with Crippen LogP contribution in [-0.4, -0.2) is 25.1 Å². The minimum atomic E-state index is -0.317. The van der Waals surface area contributed by atoms with Crippen LogP contribution in [0.25, 0.3) is 21.5 Å². The molecule has 0 bridgehead atoms. The van der Waals surface area contributed by atoms with E-state index in [1.54, 1.807) is 25.3 Å². The lowest BCUT2D eigenvalue weighted by Crippen LogP contribution is -2.11. The van der Waals surface area contributed by atoms with Crippen LogP contribution in [-0.2, 0) is 0 Å². The van der Waals surface area contributed by atoms with E-state index in [1.165, 1.54) is 18.4 Å². The van der Waals surface area contributed by atoms with Gasteiger partial charge in [0.2, 0.25) is 0 Å². The average molecular weight is 440 g/mol. The van der Waals surface area contributed by atoms with Gasteiger partial charge in [0.1, 0.15) is 21.2 Å². The predicted molar refractivity (Wildman–Crippen MR) is 122 cm³/mol. The SMILES string of the molecule is COc1ccc(-c2ccc3c(N)c(C(=O)Nc4ccc(OC)c(Cl)c4)sc3n2)cc1. The van der Waals surface area contributed by atoms with Crippen LogP contribution in [0.1, 0.15) is 9.67 Å². The Labute approximate surface area is 182 Å². The molecule has 152 valence electrons. The van der Waals surface area contributed by atoms with E-state index in [1.807, 2.05) is 36.4 Å². The highest BCUT2D eigenvalue weighted by molar-refractivity contribution is 7.21. The van der Waals surface area contributed by atoms with Gasteiger partial charge in [-0.25, -0.2) is 4.98 Å². The Morgan fingerprint density at radius 3 is 2.50 bits per heavy atom. The number of nitrogens with zero attached hydrogens (tertiary/aromatic N) is 1. The van der Waals surface area contributed by atoms with E-state index in [0.717, 1.165) is 22.4 Å². The Balaban J connectivity index is 1.63. The molecule has 0 aliphatic rings. The summed E-state index contributed by atoms with van der Waals surface area (Å²) in [7, 11) is 3.16. The average Bonchev–Trinajstić information content (AvgIpc) is 3.10. The number of pyridine rings is 1. The number of thiophene rings is 1. The highest BCUT2D eigenvalue weighted by Gasteiger charge is 2.18. The van der Waals surface area contributed by atoms with Gasteiger partial charge in [-0.2, -0.15) is 0 Å². The van der Waals surface area contributed by atoms with Crippen molar-refractivity contribution < 1.29 is 14.3 Å². The largest absolute Gasteiger partial charge is 0.497 e. The number of anilines is 2. The van der Waals surface area contributed by atoms with Crippen molar-refractivity contribution in [1.29, 1.82) is 0 Å². The van der Waals surface area contributed by atoms with E-state index < -0.39 is 0 Å². The molecule has 30 heavy (non-hydrogen) atoms. The quantitative estimate of drug-likeness (QED) is 0.430. The Bertz CT molecular complexity index is 1240. The van der Waals surface area contributed by atoms with Crippen LogP contribution in [0.3, 0.4) is 0 Å². The first kappa shape index (κ1) is 20.0. The standard InChI is InChI=1S/C22H18ClN3O3S/c1-28-14-6-3-12(4-7-14)17-9-8-15-19(24)20(30-22(15)26-17)21(27)25-13-5-10-18(29-2)16(23)11-13/h3-11H,24H2,1-2H3,(H,25,27). The molecule has 0 unspecified atom stereocenters. The number of benzene rings is 2. The molecule has 0 aliphatic heterocycles. The zero-order chi connectivity index (χ0) is 21.3. The second-order valence-electron chi connectivity index (χ2n) is 6.43. The summed E-state index contributed by atoms with van der Waals surface area (Å²) < 4.78 is 10.3. The molecule has 3 N–H and O–H groups in total. The number of halogens is 1. The molecule has 0 radical (unpaired) electrons. The van der Waals surface area contributed by atoms with Crippen molar-refractivity contribution >= 4 is 50.4 Å². The molecule has 8 heteroatoms. The molecule has 2 aromatic heterocycles. The zero-order valence-corrected chi connectivity index (χ0v) is 17.8. The Kier molecular flexibility index (Phi) is 5.48. The molecule has 2 heterocycles. The van der Waals surface area contributed by atoms with Crippen molar-refractivity contribution in [3.05, 3.63) is 64.5 Å². The monoisotopic (exact) mass is 439 g/mol. The third kappa shape index (κ3) is 3.77. The first-order valence-corrected chi connectivity index (χ1v) is 10.2. The second kappa shape index (κ2) is 8.22. The number of nitrogens with two attached hydrogens (primary N) is 1. The number of ether oxygens (including phenoxy) is 2. The molecule has 0 atom stereocenters. The third-order valence-corrected chi connectivity index (χ3v) is 6.00. The summed E-state index contributed by atoms with van der Waals surface area (Å²) in [5.41, 5.74) is 8.94. The highest BCUT2D eigenvalue weighted by Crippen LogP contribution is 2.35. The van der Waals surface area contributed by atoms with Crippen LogP contribution >= 0.6 is 22.9 Å². The molecule has 6 nitrogen and oxygen atoms in total. The summed E-state index contributed by atoms with van der Waals surface area (Å²) >= 11 is 7.38. The van der Waals surface area contributed by atoms with Crippen LogP contribution in [0, 0.1) is 0 Å². The number of hydrogen-bond acceptors (Lipinski definition) is 6. The van der Waals surface area contributed by atoms with Gasteiger partial charge < -0.3 is 20.5 Å². The Morgan fingerprint density at radius 1 is 1.07 bits per heavy atom. The van der Waals surface area contributed by atoms with Gasteiger partial charge in [0, 0.05) is 16.6 Å². The minimum Gasteiger partial charge on any atom is -0.497 e. The summed E-state index contributed by atoms with van der Waals surface area (Å²) in [6.07, 6.45) is 0. The first-order valence-electron chi connectivity index (χ1n) is 8.98. The summed E-state index contributed by atoms with van der Waals surface area (Å²) in [4.78, 5) is 18.6. The predicted octanol–water partition coefficient (Wildman–Crippen LogP) is 5.47. The molecule has 0 saturated carbocycles. The van der Waals surface area contributed by atoms with E-state index >= 15 is 0 Å². The molecule has 1 amide bonds. The van der Waals surface area contributed by atoms with E-state index in [9.17, 15) is 4.79 Å². The molecule has 2 aromatic carbocycles. The lowest BCUT2D eigenvalue weighted by Gasteiger charge is -2.07. The number of hydrogen-bond donors (Lipinski definition) is 2. The fourth-order valence-electron chi connectivity index (χ4n) is 3.02. The van der Waals surface area contributed by atoms with Crippen molar-refractivity contribution in [3.8, 4) is 22.8 Å². The molecule has 0 spiro atoms. The Hall–Kier alpha value is -3.29. The van der Waals surface area contributed by atoms with Crippen molar-refractivity contribution in [3.63, 3.8) is 0 Å². The number of fused-ring (bicyclic) bond motifs is 1. The van der Waals surface area contributed by atoms with E-state index in [-0.39, 0.29) is 5.91 Å². The number of nitrogens with one attached hydrogen (secondary N) is 1. The Morgan fingerprint density at radius 2 is 1.83 bits per heavy atom. The summed E-state index contributed by atoms with van der Waals surface area (Å²) in [6.45, 7) is 0. The molecule has 0 aliphatic carbocycles. The van der Waals surface area contributed by atoms with Crippen LogP contribution in [0.15, 0.2) is 54.6 Å². The number of aromatic nitrogens is 1. The van der Waals surface area contributed by atoms with Crippen LogP contribution < -0.4 is 20.5 Å². The number of nitrogen functional groups attached to an aromatic ring is 1.